The number of nitrogens with zero attached hydrogens (tertiary/aromatic N) is 2. The number of nitrogens with one attached hydrogen (secondary N) is 1. The van der Waals surface area contributed by atoms with Crippen LogP contribution in [-0.4, -0.2) is 39.5 Å². The van der Waals surface area contributed by atoms with Crippen LogP contribution in [0.2, 0.25) is 0 Å². The minimum atomic E-state index is -0.486. The van der Waals surface area contributed by atoms with E-state index < -0.39 is 6.10 Å². The largest absolute Gasteiger partial charge is 0.387 e. The zero-order valence-corrected chi connectivity index (χ0v) is 21.1. The van der Waals surface area contributed by atoms with Gasteiger partial charge in [0.1, 0.15) is 5.01 Å². The van der Waals surface area contributed by atoms with Crippen molar-refractivity contribution in [2.75, 3.05) is 6.54 Å². The van der Waals surface area contributed by atoms with Gasteiger partial charge < -0.3 is 15.3 Å². The second kappa shape index (κ2) is 11.3. The summed E-state index contributed by atoms with van der Waals surface area (Å²) in [4.78, 5) is 20.8. The first-order valence-electron chi connectivity index (χ1n) is 12.2. The average Bonchev–Trinajstić information content (AvgIpc) is 3.47. The summed E-state index contributed by atoms with van der Waals surface area (Å²) < 4.78 is 0. The SMILES string of the molecule is Cc1cnc(CN(CC(C)C)C(=O)c2ccc(C[C@@H]3CC[C@H]([C@H](O)c4ccccc4)N3)cc2)s1. The van der Waals surface area contributed by atoms with Crippen molar-refractivity contribution in [1.82, 2.24) is 15.2 Å². The van der Waals surface area contributed by atoms with E-state index in [9.17, 15) is 9.90 Å². The number of hydrogen-bond donors (Lipinski definition) is 2. The van der Waals surface area contributed by atoms with Crippen molar-refractivity contribution in [2.45, 2.75) is 64.8 Å². The number of aliphatic hydroxyl groups excluding tert-OH is 1. The zero-order chi connectivity index (χ0) is 24.1. The molecule has 1 amide bonds. The summed E-state index contributed by atoms with van der Waals surface area (Å²) in [5.41, 5.74) is 2.88. The van der Waals surface area contributed by atoms with Crippen LogP contribution in [0.1, 0.15) is 64.2 Å². The van der Waals surface area contributed by atoms with Gasteiger partial charge in [-0.2, -0.15) is 0 Å². The van der Waals surface area contributed by atoms with Gasteiger partial charge in [-0.05, 0) is 55.4 Å². The fourth-order valence-electron chi connectivity index (χ4n) is 4.69. The van der Waals surface area contributed by atoms with E-state index in [-0.39, 0.29) is 11.9 Å². The maximum atomic E-state index is 13.3. The predicted octanol–water partition coefficient (Wildman–Crippen LogP) is 5.15. The van der Waals surface area contributed by atoms with Gasteiger partial charge in [0.2, 0.25) is 0 Å². The molecular formula is C28H35N3O2S. The van der Waals surface area contributed by atoms with Crippen LogP contribution in [0.3, 0.4) is 0 Å². The Labute approximate surface area is 206 Å². The molecule has 0 aliphatic carbocycles. The number of aliphatic hydroxyl groups is 1. The molecule has 6 heteroatoms. The first-order valence-corrected chi connectivity index (χ1v) is 13.0. The van der Waals surface area contributed by atoms with Gasteiger partial charge in [0.15, 0.2) is 0 Å². The smallest absolute Gasteiger partial charge is 0.254 e. The van der Waals surface area contributed by atoms with E-state index in [4.69, 9.17) is 0 Å². The normalized spacial score (nSPS) is 18.9. The number of benzene rings is 2. The fourth-order valence-corrected chi connectivity index (χ4v) is 5.49. The van der Waals surface area contributed by atoms with Crippen molar-refractivity contribution in [2.24, 2.45) is 5.92 Å². The maximum absolute atomic E-state index is 13.3. The molecule has 2 N–H and O–H groups in total. The van der Waals surface area contributed by atoms with Gasteiger partial charge >= 0.3 is 0 Å². The van der Waals surface area contributed by atoms with Gasteiger partial charge in [-0.1, -0.05) is 56.3 Å². The Morgan fingerprint density at radius 2 is 1.88 bits per heavy atom. The molecule has 2 aromatic carbocycles. The lowest BCUT2D eigenvalue weighted by atomic mass is 10.0. The van der Waals surface area contributed by atoms with Crippen LogP contribution in [-0.2, 0) is 13.0 Å². The summed E-state index contributed by atoms with van der Waals surface area (Å²) in [5.74, 6) is 0.440. The molecule has 1 aromatic heterocycles. The summed E-state index contributed by atoms with van der Waals surface area (Å²) in [6, 6.07) is 18.3. The second-order valence-electron chi connectivity index (χ2n) is 9.75. The van der Waals surface area contributed by atoms with Gasteiger partial charge in [-0.3, -0.25) is 4.79 Å². The van der Waals surface area contributed by atoms with E-state index in [1.54, 1.807) is 11.3 Å². The first kappa shape index (κ1) is 24.6. The van der Waals surface area contributed by atoms with Crippen molar-refractivity contribution in [1.29, 1.82) is 0 Å². The molecule has 34 heavy (non-hydrogen) atoms. The van der Waals surface area contributed by atoms with Crippen molar-refractivity contribution in [3.8, 4) is 0 Å². The van der Waals surface area contributed by atoms with Crippen molar-refractivity contribution in [3.05, 3.63) is 87.4 Å². The van der Waals surface area contributed by atoms with Crippen molar-refractivity contribution < 1.29 is 9.90 Å². The topological polar surface area (TPSA) is 65.5 Å². The summed E-state index contributed by atoms with van der Waals surface area (Å²) >= 11 is 1.65. The first-order chi connectivity index (χ1) is 16.4. The summed E-state index contributed by atoms with van der Waals surface area (Å²) in [7, 11) is 0. The highest BCUT2D eigenvalue weighted by Crippen LogP contribution is 2.27. The average molecular weight is 478 g/mol. The number of rotatable bonds is 9. The molecule has 1 aliphatic rings. The molecule has 1 saturated heterocycles. The molecule has 0 unspecified atom stereocenters. The van der Waals surface area contributed by atoms with Gasteiger partial charge in [0.05, 0.1) is 12.6 Å². The Bertz CT molecular complexity index is 1060. The van der Waals surface area contributed by atoms with E-state index >= 15 is 0 Å². The summed E-state index contributed by atoms with van der Waals surface area (Å²) in [5, 5.41) is 15.3. The van der Waals surface area contributed by atoms with Crippen LogP contribution < -0.4 is 5.32 Å². The van der Waals surface area contributed by atoms with Gasteiger partial charge in [-0.15, -0.1) is 11.3 Å². The molecule has 3 aromatic rings. The van der Waals surface area contributed by atoms with E-state index in [1.807, 2.05) is 60.5 Å². The number of carbonyl (C=O) groups is 1. The highest BCUT2D eigenvalue weighted by Gasteiger charge is 2.30. The maximum Gasteiger partial charge on any atom is 0.254 e. The third-order valence-electron chi connectivity index (χ3n) is 6.35. The predicted molar refractivity (Wildman–Crippen MR) is 138 cm³/mol. The van der Waals surface area contributed by atoms with Gasteiger partial charge in [0.25, 0.3) is 5.91 Å². The molecule has 2 heterocycles. The molecular weight excluding hydrogens is 442 g/mol. The third-order valence-corrected chi connectivity index (χ3v) is 7.25. The van der Waals surface area contributed by atoms with Crippen molar-refractivity contribution >= 4 is 17.2 Å². The zero-order valence-electron chi connectivity index (χ0n) is 20.3. The Morgan fingerprint density at radius 1 is 1.15 bits per heavy atom. The lowest BCUT2D eigenvalue weighted by Crippen LogP contribution is -2.35. The molecule has 1 fully saturated rings. The Hall–Kier alpha value is -2.54. The number of aromatic nitrogens is 1. The minimum absolute atomic E-state index is 0.0538. The molecule has 180 valence electrons. The van der Waals surface area contributed by atoms with Crippen LogP contribution in [0, 0.1) is 12.8 Å². The Balaban J connectivity index is 1.36. The minimum Gasteiger partial charge on any atom is -0.387 e. The van der Waals surface area contributed by atoms with Crippen LogP contribution in [0.25, 0.3) is 0 Å². The van der Waals surface area contributed by atoms with Gasteiger partial charge in [-0.25, -0.2) is 4.98 Å². The molecule has 5 nitrogen and oxygen atoms in total. The van der Waals surface area contributed by atoms with E-state index in [0.29, 0.717) is 25.0 Å². The number of hydrogen-bond acceptors (Lipinski definition) is 5. The number of amides is 1. The number of aryl methyl sites for hydroxylation is 1. The Morgan fingerprint density at radius 3 is 2.53 bits per heavy atom. The van der Waals surface area contributed by atoms with E-state index in [1.165, 1.54) is 5.56 Å². The van der Waals surface area contributed by atoms with E-state index in [0.717, 1.165) is 40.3 Å². The van der Waals surface area contributed by atoms with Crippen LogP contribution >= 0.6 is 11.3 Å². The Kier molecular flexibility index (Phi) is 8.14. The molecule has 1 aliphatic heterocycles. The second-order valence-corrected chi connectivity index (χ2v) is 11.1. The van der Waals surface area contributed by atoms with Crippen LogP contribution in [0.4, 0.5) is 0 Å². The molecule has 3 atom stereocenters. The molecule has 0 saturated carbocycles. The molecule has 0 bridgehead atoms. The lowest BCUT2D eigenvalue weighted by molar-refractivity contribution is 0.0722. The van der Waals surface area contributed by atoms with E-state index in [2.05, 4.69) is 36.3 Å². The molecule has 0 spiro atoms. The van der Waals surface area contributed by atoms with Crippen LogP contribution in [0.15, 0.2) is 60.8 Å². The highest BCUT2D eigenvalue weighted by atomic mass is 32.1. The van der Waals surface area contributed by atoms with Crippen LogP contribution in [0.5, 0.6) is 0 Å². The number of thiazole rings is 1. The third kappa shape index (κ3) is 6.32. The lowest BCUT2D eigenvalue weighted by Gasteiger charge is -2.24. The highest BCUT2D eigenvalue weighted by molar-refractivity contribution is 7.11. The molecule has 4 rings (SSSR count). The van der Waals surface area contributed by atoms with Gasteiger partial charge in [0, 0.05) is 35.3 Å². The summed E-state index contributed by atoms with van der Waals surface area (Å²) in [6.07, 6.45) is 4.26. The van der Waals surface area contributed by atoms with Crippen molar-refractivity contribution in [3.63, 3.8) is 0 Å². The fraction of sp³-hybridized carbons (Fsp3) is 0.429. The monoisotopic (exact) mass is 477 g/mol. The quantitative estimate of drug-likeness (QED) is 0.448. The summed E-state index contributed by atoms with van der Waals surface area (Å²) in [6.45, 7) is 7.56. The molecule has 0 radical (unpaired) electrons. The number of carbonyl (C=O) groups excluding carboxylic acids is 1. The standard InChI is InChI=1S/C28H35N3O2S/c1-19(2)17-31(18-26-29-16-20(3)34-26)28(33)23-11-9-21(10-12-23)15-24-13-14-25(30-24)27(32)22-7-5-4-6-8-22/h4-12,16,19,24-25,27,30,32H,13-15,17-18H2,1-3H3/t24-,25+,27+/m0/s1.